The van der Waals surface area contributed by atoms with E-state index in [1.54, 1.807) is 4.90 Å². The van der Waals surface area contributed by atoms with Crippen molar-refractivity contribution in [2.45, 2.75) is 31.3 Å². The van der Waals surface area contributed by atoms with Gasteiger partial charge in [0.05, 0.1) is 31.1 Å². The predicted molar refractivity (Wildman–Crippen MR) is 86.2 cm³/mol. The lowest BCUT2D eigenvalue weighted by atomic mass is 10.1. The summed E-state index contributed by atoms with van der Waals surface area (Å²) in [5.41, 5.74) is 2.43. The lowest BCUT2D eigenvalue weighted by Crippen LogP contribution is -3.13. The Bertz CT molecular complexity index is 575. The van der Waals surface area contributed by atoms with Gasteiger partial charge in [0.25, 0.3) is 0 Å². The summed E-state index contributed by atoms with van der Waals surface area (Å²) in [5, 5.41) is 9.37. The SMILES string of the molecule is Cc1ccccc1-n1cnnc1SCC[NH+]1CCCCC1. The molecule has 0 aliphatic carbocycles. The number of nitrogens with one attached hydrogen (secondary N) is 1. The van der Waals surface area contributed by atoms with Crippen LogP contribution in [0.25, 0.3) is 5.69 Å². The molecule has 0 radical (unpaired) electrons. The Morgan fingerprint density at radius 3 is 2.81 bits per heavy atom. The third-order valence-corrected chi connectivity index (χ3v) is 5.08. The van der Waals surface area contributed by atoms with E-state index < -0.39 is 0 Å². The summed E-state index contributed by atoms with van der Waals surface area (Å²) in [7, 11) is 0. The molecule has 3 rings (SSSR count). The molecular weight excluding hydrogens is 280 g/mol. The number of benzene rings is 1. The maximum Gasteiger partial charge on any atom is 0.195 e. The van der Waals surface area contributed by atoms with Gasteiger partial charge in [0.1, 0.15) is 6.33 Å². The summed E-state index contributed by atoms with van der Waals surface area (Å²) in [6.45, 7) is 6.03. The third-order valence-electron chi connectivity index (χ3n) is 4.14. The molecule has 21 heavy (non-hydrogen) atoms. The van der Waals surface area contributed by atoms with Gasteiger partial charge in [-0.1, -0.05) is 30.0 Å². The van der Waals surface area contributed by atoms with Gasteiger partial charge in [-0.2, -0.15) is 0 Å². The van der Waals surface area contributed by atoms with Gasteiger partial charge in [-0.3, -0.25) is 4.57 Å². The maximum absolute atomic E-state index is 4.28. The Kier molecular flexibility index (Phi) is 4.93. The van der Waals surface area contributed by atoms with Gasteiger partial charge in [0.2, 0.25) is 0 Å². The van der Waals surface area contributed by atoms with Crippen molar-refractivity contribution in [2.24, 2.45) is 0 Å². The van der Waals surface area contributed by atoms with Crippen LogP contribution in [0.5, 0.6) is 0 Å². The van der Waals surface area contributed by atoms with Crippen molar-refractivity contribution in [2.75, 3.05) is 25.4 Å². The number of quaternary nitrogens is 1. The summed E-state index contributed by atoms with van der Waals surface area (Å²) in [5.74, 6) is 1.11. The average Bonchev–Trinajstić information content (AvgIpc) is 2.97. The number of para-hydroxylation sites is 1. The van der Waals surface area contributed by atoms with Crippen LogP contribution in [0, 0.1) is 6.92 Å². The van der Waals surface area contributed by atoms with Crippen LogP contribution in [0.4, 0.5) is 0 Å². The van der Waals surface area contributed by atoms with Crippen LogP contribution < -0.4 is 4.90 Å². The number of hydrogen-bond acceptors (Lipinski definition) is 3. The molecule has 1 aliphatic rings. The highest BCUT2D eigenvalue weighted by molar-refractivity contribution is 7.99. The molecule has 1 aromatic heterocycles. The first-order valence-corrected chi connectivity index (χ1v) is 8.75. The molecule has 0 bridgehead atoms. The summed E-state index contributed by atoms with van der Waals surface area (Å²) in [6.07, 6.45) is 6.01. The second-order valence-electron chi connectivity index (χ2n) is 5.68. The van der Waals surface area contributed by atoms with E-state index in [0.29, 0.717) is 0 Å². The third kappa shape index (κ3) is 3.66. The van der Waals surface area contributed by atoms with Crippen LogP contribution in [0.15, 0.2) is 35.7 Å². The number of thioether (sulfide) groups is 1. The number of aromatic nitrogens is 3. The Morgan fingerprint density at radius 1 is 1.19 bits per heavy atom. The quantitative estimate of drug-likeness (QED) is 0.855. The number of piperidine rings is 1. The van der Waals surface area contributed by atoms with Crippen molar-refractivity contribution in [3.63, 3.8) is 0 Å². The monoisotopic (exact) mass is 303 g/mol. The van der Waals surface area contributed by atoms with E-state index in [2.05, 4.69) is 46.0 Å². The van der Waals surface area contributed by atoms with Gasteiger partial charge in [0.15, 0.2) is 5.16 Å². The van der Waals surface area contributed by atoms with Gasteiger partial charge in [-0.05, 0) is 37.8 Å². The lowest BCUT2D eigenvalue weighted by Gasteiger charge is -2.23. The molecule has 1 N–H and O–H groups in total. The molecule has 0 unspecified atom stereocenters. The first-order chi connectivity index (χ1) is 10.3. The Balaban J connectivity index is 1.62. The number of nitrogens with zero attached hydrogens (tertiary/aromatic N) is 3. The van der Waals surface area contributed by atoms with E-state index in [1.165, 1.54) is 50.1 Å². The molecule has 0 atom stereocenters. The summed E-state index contributed by atoms with van der Waals surface area (Å²) < 4.78 is 2.10. The van der Waals surface area contributed by atoms with E-state index in [-0.39, 0.29) is 0 Å². The fourth-order valence-electron chi connectivity index (χ4n) is 2.91. The topological polar surface area (TPSA) is 35.1 Å². The zero-order valence-corrected chi connectivity index (χ0v) is 13.4. The average molecular weight is 303 g/mol. The minimum absolute atomic E-state index is 1.00. The molecule has 0 spiro atoms. The molecular formula is C16H23N4S+. The Morgan fingerprint density at radius 2 is 2.00 bits per heavy atom. The van der Waals surface area contributed by atoms with Crippen LogP contribution >= 0.6 is 11.8 Å². The van der Waals surface area contributed by atoms with E-state index in [9.17, 15) is 0 Å². The van der Waals surface area contributed by atoms with Crippen molar-refractivity contribution < 1.29 is 4.90 Å². The fraction of sp³-hybridized carbons (Fsp3) is 0.500. The van der Waals surface area contributed by atoms with E-state index in [1.807, 2.05) is 18.1 Å². The maximum atomic E-state index is 4.28. The smallest absolute Gasteiger partial charge is 0.195 e. The highest BCUT2D eigenvalue weighted by Crippen LogP contribution is 2.21. The molecule has 112 valence electrons. The minimum atomic E-state index is 1.00. The van der Waals surface area contributed by atoms with E-state index in [0.717, 1.165) is 10.9 Å². The number of likely N-dealkylation sites (tertiary alicyclic amines) is 1. The molecule has 0 saturated carbocycles. The van der Waals surface area contributed by atoms with Gasteiger partial charge in [-0.25, -0.2) is 0 Å². The zero-order chi connectivity index (χ0) is 14.5. The second kappa shape index (κ2) is 7.09. The minimum Gasteiger partial charge on any atom is -0.334 e. The van der Waals surface area contributed by atoms with Gasteiger partial charge in [-0.15, -0.1) is 10.2 Å². The molecule has 2 aromatic rings. The largest absolute Gasteiger partial charge is 0.334 e. The van der Waals surface area contributed by atoms with Crippen LogP contribution in [0.3, 0.4) is 0 Å². The van der Waals surface area contributed by atoms with Crippen molar-refractivity contribution in [1.82, 2.24) is 14.8 Å². The number of aryl methyl sites for hydroxylation is 1. The number of rotatable bonds is 5. The standard InChI is InChI=1S/C16H22N4S/c1-14-7-3-4-8-15(14)20-13-17-18-16(20)21-12-11-19-9-5-2-6-10-19/h3-4,7-8,13H,2,5-6,9-12H2,1H3/p+1. The van der Waals surface area contributed by atoms with Gasteiger partial charge < -0.3 is 4.90 Å². The highest BCUT2D eigenvalue weighted by atomic mass is 32.2. The van der Waals surface area contributed by atoms with Crippen molar-refractivity contribution in [3.8, 4) is 5.69 Å². The summed E-state index contributed by atoms with van der Waals surface area (Å²) in [4.78, 5) is 1.75. The van der Waals surface area contributed by atoms with Crippen molar-refractivity contribution in [1.29, 1.82) is 0 Å². The second-order valence-corrected chi connectivity index (χ2v) is 6.74. The normalized spacial score (nSPS) is 16.2. The van der Waals surface area contributed by atoms with E-state index in [4.69, 9.17) is 0 Å². The zero-order valence-electron chi connectivity index (χ0n) is 12.6. The van der Waals surface area contributed by atoms with E-state index >= 15 is 0 Å². The van der Waals surface area contributed by atoms with Crippen molar-refractivity contribution in [3.05, 3.63) is 36.2 Å². The predicted octanol–water partition coefficient (Wildman–Crippen LogP) is 1.74. The van der Waals surface area contributed by atoms with Gasteiger partial charge in [0, 0.05) is 0 Å². The molecule has 4 nitrogen and oxygen atoms in total. The van der Waals surface area contributed by atoms with Gasteiger partial charge >= 0.3 is 0 Å². The first-order valence-electron chi connectivity index (χ1n) is 7.77. The number of hydrogen-bond donors (Lipinski definition) is 1. The van der Waals surface area contributed by atoms with Crippen LogP contribution in [0.1, 0.15) is 24.8 Å². The molecule has 2 heterocycles. The van der Waals surface area contributed by atoms with Crippen LogP contribution in [-0.2, 0) is 0 Å². The summed E-state index contributed by atoms with van der Waals surface area (Å²) in [6, 6.07) is 8.38. The molecule has 1 aromatic carbocycles. The Hall–Kier alpha value is -1.33. The molecule has 1 saturated heterocycles. The van der Waals surface area contributed by atoms with Crippen LogP contribution in [0.2, 0.25) is 0 Å². The molecule has 5 heteroatoms. The van der Waals surface area contributed by atoms with Crippen molar-refractivity contribution >= 4 is 11.8 Å². The fourth-order valence-corrected chi connectivity index (χ4v) is 3.87. The molecule has 1 aliphatic heterocycles. The first kappa shape index (κ1) is 14.6. The molecule has 1 fully saturated rings. The summed E-state index contributed by atoms with van der Waals surface area (Å²) >= 11 is 1.82. The highest BCUT2D eigenvalue weighted by Gasteiger charge is 2.14. The lowest BCUT2D eigenvalue weighted by molar-refractivity contribution is -0.902. The van der Waals surface area contributed by atoms with Crippen LogP contribution in [-0.4, -0.2) is 40.2 Å². The molecule has 0 amide bonds. The Labute approximate surface area is 130 Å².